The van der Waals surface area contributed by atoms with Gasteiger partial charge in [0.2, 0.25) is 0 Å². The number of nitrogens with two attached hydrogens (primary N) is 1. The number of hydrogen-bond donors (Lipinski definition) is 1. The molecule has 0 fully saturated rings. The number of nitrogen functional groups attached to an aromatic ring is 1. The first kappa shape index (κ1) is 10.6. The van der Waals surface area contributed by atoms with Crippen molar-refractivity contribution in [3.05, 3.63) is 27.0 Å². The quantitative estimate of drug-likeness (QED) is 0.871. The zero-order valence-corrected chi connectivity index (χ0v) is 11.0. The molecule has 2 aromatic rings. The first-order valence-corrected chi connectivity index (χ1v) is 5.72. The predicted octanol–water partition coefficient (Wildman–Crippen LogP) is 3.15. The maximum absolute atomic E-state index is 5.71. The normalized spacial score (nSPS) is 10.6. The minimum atomic E-state index is 0.407. The lowest BCUT2D eigenvalue weighted by Crippen LogP contribution is -1.99. The molecule has 2 rings (SSSR count). The van der Waals surface area contributed by atoms with Gasteiger partial charge in [0.15, 0.2) is 16.3 Å². The van der Waals surface area contributed by atoms with Gasteiger partial charge in [-0.15, -0.1) is 0 Å². The van der Waals surface area contributed by atoms with E-state index in [4.69, 9.17) is 10.2 Å². The van der Waals surface area contributed by atoms with Crippen LogP contribution in [0, 0.1) is 6.92 Å². The molecule has 2 aromatic heterocycles. The fourth-order valence-corrected chi connectivity index (χ4v) is 1.61. The van der Waals surface area contributed by atoms with Crippen LogP contribution in [0.5, 0.6) is 0 Å². The lowest BCUT2D eigenvalue weighted by molar-refractivity contribution is 0.551. The highest BCUT2D eigenvalue weighted by atomic mass is 79.9. The van der Waals surface area contributed by atoms with E-state index in [9.17, 15) is 0 Å². The summed E-state index contributed by atoms with van der Waals surface area (Å²) >= 11 is 6.52. The highest BCUT2D eigenvalue weighted by molar-refractivity contribution is 9.10. The van der Waals surface area contributed by atoms with Gasteiger partial charge in [-0.05, 0) is 50.9 Å². The minimum absolute atomic E-state index is 0.407. The van der Waals surface area contributed by atoms with Crippen LogP contribution in [0.2, 0.25) is 0 Å². The van der Waals surface area contributed by atoms with E-state index in [1.54, 1.807) is 12.1 Å². The predicted molar refractivity (Wildman–Crippen MR) is 64.3 cm³/mol. The van der Waals surface area contributed by atoms with Crippen LogP contribution in [-0.2, 0) is 0 Å². The average molecular weight is 333 g/mol. The Hall–Kier alpha value is -0.880. The van der Waals surface area contributed by atoms with Gasteiger partial charge in [-0.2, -0.15) is 0 Å². The SMILES string of the molecule is Cc1nc(-c2ccc(Br)o2)nc(N)c1Br. The summed E-state index contributed by atoms with van der Waals surface area (Å²) < 4.78 is 6.70. The highest BCUT2D eigenvalue weighted by Crippen LogP contribution is 2.26. The molecular weight excluding hydrogens is 326 g/mol. The molecule has 2 heterocycles. The summed E-state index contributed by atoms with van der Waals surface area (Å²) in [5.41, 5.74) is 6.50. The van der Waals surface area contributed by atoms with Crippen molar-refractivity contribution < 1.29 is 4.42 Å². The molecule has 0 atom stereocenters. The molecule has 0 saturated heterocycles. The van der Waals surface area contributed by atoms with Crippen LogP contribution in [0.25, 0.3) is 11.6 Å². The molecule has 0 amide bonds. The second-order valence-corrected chi connectivity index (χ2v) is 4.51. The fraction of sp³-hybridized carbons (Fsp3) is 0.111. The Bertz CT molecular complexity index is 487. The third kappa shape index (κ3) is 2.05. The summed E-state index contributed by atoms with van der Waals surface area (Å²) in [6, 6.07) is 3.57. The largest absolute Gasteiger partial charge is 0.446 e. The molecule has 15 heavy (non-hydrogen) atoms. The van der Waals surface area contributed by atoms with Gasteiger partial charge < -0.3 is 10.2 Å². The molecule has 0 radical (unpaired) electrons. The van der Waals surface area contributed by atoms with E-state index in [2.05, 4.69) is 41.8 Å². The molecule has 0 saturated carbocycles. The summed E-state index contributed by atoms with van der Waals surface area (Å²) in [6.45, 7) is 1.85. The molecule has 0 aromatic carbocycles. The number of aryl methyl sites for hydroxylation is 1. The Kier molecular flexibility index (Phi) is 2.79. The summed E-state index contributed by atoms with van der Waals surface area (Å²) in [5, 5.41) is 0. The van der Waals surface area contributed by atoms with Gasteiger partial charge in [0.1, 0.15) is 5.82 Å². The van der Waals surface area contributed by atoms with Crippen LogP contribution in [0.1, 0.15) is 5.69 Å². The lowest BCUT2D eigenvalue weighted by atomic mass is 10.3. The Labute approximate surface area is 103 Å². The van der Waals surface area contributed by atoms with Gasteiger partial charge in [-0.1, -0.05) is 0 Å². The molecule has 0 aliphatic carbocycles. The first-order valence-electron chi connectivity index (χ1n) is 4.13. The minimum Gasteiger partial charge on any atom is -0.446 e. The van der Waals surface area contributed by atoms with Gasteiger partial charge in [-0.3, -0.25) is 0 Å². The summed E-state index contributed by atoms with van der Waals surface area (Å²) in [7, 11) is 0. The van der Waals surface area contributed by atoms with Crippen molar-refractivity contribution in [3.8, 4) is 11.6 Å². The van der Waals surface area contributed by atoms with E-state index in [0.29, 0.717) is 22.1 Å². The maximum Gasteiger partial charge on any atom is 0.197 e. The second-order valence-electron chi connectivity index (χ2n) is 2.94. The molecule has 0 spiro atoms. The van der Waals surface area contributed by atoms with Crippen LogP contribution >= 0.6 is 31.9 Å². The topological polar surface area (TPSA) is 64.9 Å². The molecule has 2 N–H and O–H groups in total. The van der Waals surface area contributed by atoms with Crippen molar-refractivity contribution in [3.63, 3.8) is 0 Å². The van der Waals surface area contributed by atoms with Gasteiger partial charge in [0.25, 0.3) is 0 Å². The van der Waals surface area contributed by atoms with Crippen molar-refractivity contribution in [2.45, 2.75) is 6.92 Å². The van der Waals surface area contributed by atoms with Crippen molar-refractivity contribution in [2.24, 2.45) is 0 Å². The Morgan fingerprint density at radius 3 is 2.53 bits per heavy atom. The number of rotatable bonds is 1. The van der Waals surface area contributed by atoms with Crippen LogP contribution in [0.4, 0.5) is 5.82 Å². The van der Waals surface area contributed by atoms with Crippen molar-refractivity contribution in [1.29, 1.82) is 0 Å². The monoisotopic (exact) mass is 331 g/mol. The van der Waals surface area contributed by atoms with Crippen molar-refractivity contribution >= 4 is 37.7 Å². The number of aromatic nitrogens is 2. The zero-order chi connectivity index (χ0) is 11.0. The van der Waals surface area contributed by atoms with Gasteiger partial charge in [0, 0.05) is 0 Å². The molecule has 0 aliphatic heterocycles. The van der Waals surface area contributed by atoms with Crippen molar-refractivity contribution in [1.82, 2.24) is 9.97 Å². The summed E-state index contributed by atoms with van der Waals surface area (Å²) in [5.74, 6) is 1.48. The smallest absolute Gasteiger partial charge is 0.197 e. The molecular formula is C9H7Br2N3O. The Morgan fingerprint density at radius 1 is 1.27 bits per heavy atom. The number of nitrogens with zero attached hydrogens (tertiary/aromatic N) is 2. The molecule has 4 nitrogen and oxygen atoms in total. The maximum atomic E-state index is 5.71. The first-order chi connectivity index (χ1) is 7.08. The van der Waals surface area contributed by atoms with Crippen LogP contribution < -0.4 is 5.73 Å². The van der Waals surface area contributed by atoms with Gasteiger partial charge in [-0.25, -0.2) is 9.97 Å². The van der Waals surface area contributed by atoms with E-state index in [-0.39, 0.29) is 0 Å². The number of halogens is 2. The third-order valence-corrected chi connectivity index (χ3v) is 3.24. The van der Waals surface area contributed by atoms with Crippen LogP contribution in [0.3, 0.4) is 0 Å². The van der Waals surface area contributed by atoms with E-state index in [0.717, 1.165) is 10.2 Å². The van der Waals surface area contributed by atoms with Crippen LogP contribution in [0.15, 0.2) is 25.7 Å². The average Bonchev–Trinajstić information content (AvgIpc) is 2.60. The molecule has 0 bridgehead atoms. The molecule has 78 valence electrons. The Balaban J connectivity index is 2.55. The van der Waals surface area contributed by atoms with Gasteiger partial charge >= 0.3 is 0 Å². The second kappa shape index (κ2) is 3.94. The Morgan fingerprint density at radius 2 is 2.00 bits per heavy atom. The summed E-state index contributed by atoms with van der Waals surface area (Å²) in [6.07, 6.45) is 0. The lowest BCUT2D eigenvalue weighted by Gasteiger charge is -2.03. The fourth-order valence-electron chi connectivity index (χ4n) is 1.13. The number of anilines is 1. The molecule has 6 heteroatoms. The third-order valence-electron chi connectivity index (χ3n) is 1.84. The van der Waals surface area contributed by atoms with Crippen molar-refractivity contribution in [2.75, 3.05) is 5.73 Å². The molecule has 0 unspecified atom stereocenters. The highest BCUT2D eigenvalue weighted by Gasteiger charge is 2.11. The van der Waals surface area contributed by atoms with E-state index in [1.807, 2.05) is 6.92 Å². The zero-order valence-electron chi connectivity index (χ0n) is 7.79. The number of furan rings is 1. The van der Waals surface area contributed by atoms with E-state index >= 15 is 0 Å². The summed E-state index contributed by atoms with van der Waals surface area (Å²) in [4.78, 5) is 8.39. The van der Waals surface area contributed by atoms with Gasteiger partial charge in [0.05, 0.1) is 10.2 Å². The number of hydrogen-bond acceptors (Lipinski definition) is 4. The molecule has 0 aliphatic rings. The van der Waals surface area contributed by atoms with Crippen LogP contribution in [-0.4, -0.2) is 9.97 Å². The standard InChI is InChI=1S/C9H7Br2N3O/c1-4-7(11)8(12)14-9(13-4)5-2-3-6(10)15-5/h2-3H,1H3,(H2,12,13,14). The van der Waals surface area contributed by atoms with E-state index < -0.39 is 0 Å². The van der Waals surface area contributed by atoms with E-state index in [1.165, 1.54) is 0 Å².